The Morgan fingerprint density at radius 1 is 0.887 bits per heavy atom. The maximum atomic E-state index is 16.9. The Kier molecular flexibility index (Phi) is 12.5. The lowest BCUT2D eigenvalue weighted by molar-refractivity contribution is -0.121. The smallest absolute Gasteiger partial charge is 0.304 e. The quantitative estimate of drug-likeness (QED) is 0.234. The van der Waals surface area contributed by atoms with Crippen LogP contribution in [-0.2, 0) is 43.0 Å². The van der Waals surface area contributed by atoms with E-state index in [2.05, 4.69) is 14.9 Å². The van der Waals surface area contributed by atoms with E-state index >= 15 is 4.39 Å². The molecule has 3 aliphatic heterocycles. The summed E-state index contributed by atoms with van der Waals surface area (Å²) >= 11 is 0. The maximum absolute atomic E-state index is 16.9. The van der Waals surface area contributed by atoms with Crippen LogP contribution in [0.2, 0.25) is 0 Å². The summed E-state index contributed by atoms with van der Waals surface area (Å²) in [6, 6.07) is 15.3. The summed E-state index contributed by atoms with van der Waals surface area (Å²) in [5, 5.41) is 3.62. The highest BCUT2D eigenvalue weighted by atomic mass is 32.2. The van der Waals surface area contributed by atoms with Gasteiger partial charge in [-0.25, -0.2) is 17.5 Å². The Hall–Kier alpha value is -5.30. The summed E-state index contributed by atoms with van der Waals surface area (Å²) in [4.78, 5) is 43.6. The van der Waals surface area contributed by atoms with Crippen LogP contribution in [0, 0.1) is 5.82 Å². The number of benzene rings is 3. The predicted octanol–water partition coefficient (Wildman–Crippen LogP) is 4.87. The zero-order valence-corrected chi connectivity index (χ0v) is 36.6. The highest BCUT2D eigenvalue weighted by Gasteiger charge is 2.31. The SMILES string of the molecule is CN1C/C=C/CNC(=O)Cn2c(-c3ccc(OCc4cc(N5CCCC5=O)ccc4N4CCN(S(C)(=O)=O)CC4)cc3F)c(C3CCCCC3)c3ccc(cc32)C(=O)NS1(=O)=O. The zero-order valence-electron chi connectivity index (χ0n) is 34.9. The second-order valence-corrected chi connectivity index (χ2v) is 20.2. The first kappa shape index (κ1) is 43.4. The average Bonchev–Trinajstić information content (AvgIpc) is 3.82. The predicted molar refractivity (Wildman–Crippen MR) is 235 cm³/mol. The standard InChI is InChI=1S/C44H52FN7O8S2/c1-48-19-7-6-18-46-40(53)28-52-39-26-31(44(55)47-62(48,58)59)12-15-36(39)42(30-9-4-3-5-10-30)43(52)35-16-14-34(27-37(35)45)60-29-32-25-33(51-20-8-11-41(51)54)13-17-38(32)49-21-23-50(24-22-49)61(2,56)57/h6-7,12-17,25-27,30H,3-5,8-11,18-24,28-29H2,1-2H3,(H,46,53)(H,47,55)/b7-6+. The van der Waals surface area contributed by atoms with Gasteiger partial charge in [0, 0.05) is 98.8 Å². The Bertz CT molecular complexity index is 2650. The van der Waals surface area contributed by atoms with Crippen LogP contribution in [0.5, 0.6) is 5.75 Å². The molecule has 1 aliphatic carbocycles. The van der Waals surface area contributed by atoms with Gasteiger partial charge < -0.3 is 24.4 Å². The number of fused-ring (bicyclic) bond motifs is 1. The molecule has 18 heteroatoms. The second kappa shape index (κ2) is 17.8. The molecule has 2 N–H and O–H groups in total. The van der Waals surface area contributed by atoms with Crippen LogP contribution in [0.3, 0.4) is 0 Å². The number of aromatic nitrogens is 1. The molecule has 2 bridgehead atoms. The molecule has 0 radical (unpaired) electrons. The summed E-state index contributed by atoms with van der Waals surface area (Å²) in [6.07, 6.45) is 10.4. The van der Waals surface area contributed by atoms with E-state index in [0.29, 0.717) is 50.4 Å². The van der Waals surface area contributed by atoms with E-state index in [1.54, 1.807) is 52.0 Å². The van der Waals surface area contributed by atoms with Gasteiger partial charge in [0.1, 0.15) is 24.7 Å². The molecule has 62 heavy (non-hydrogen) atoms. The first-order valence-electron chi connectivity index (χ1n) is 21.1. The van der Waals surface area contributed by atoms with Crippen molar-refractivity contribution in [1.82, 2.24) is 23.2 Å². The number of anilines is 2. The van der Waals surface area contributed by atoms with Gasteiger partial charge in [-0.15, -0.1) is 0 Å². The molecule has 1 aromatic heterocycles. The van der Waals surface area contributed by atoms with E-state index < -0.39 is 32.0 Å². The summed E-state index contributed by atoms with van der Waals surface area (Å²) in [5.41, 5.74) is 4.52. The number of rotatable bonds is 8. The van der Waals surface area contributed by atoms with Crippen LogP contribution in [-0.4, -0.2) is 107 Å². The number of carbonyl (C=O) groups is 3. The molecule has 2 saturated heterocycles. The van der Waals surface area contributed by atoms with Gasteiger partial charge in [0.15, 0.2) is 0 Å². The number of halogens is 1. The molecule has 3 aromatic carbocycles. The van der Waals surface area contributed by atoms with E-state index in [1.165, 1.54) is 23.7 Å². The van der Waals surface area contributed by atoms with E-state index in [4.69, 9.17) is 4.74 Å². The van der Waals surface area contributed by atoms with Crippen molar-refractivity contribution in [3.8, 4) is 17.0 Å². The Balaban J connectivity index is 1.16. The van der Waals surface area contributed by atoms with Gasteiger partial charge >= 0.3 is 10.2 Å². The van der Waals surface area contributed by atoms with Crippen LogP contribution in [0.4, 0.5) is 15.8 Å². The van der Waals surface area contributed by atoms with Crippen molar-refractivity contribution in [2.45, 2.75) is 64.0 Å². The molecule has 0 atom stereocenters. The van der Waals surface area contributed by atoms with Gasteiger partial charge in [0.25, 0.3) is 5.91 Å². The van der Waals surface area contributed by atoms with Crippen molar-refractivity contribution in [3.63, 3.8) is 0 Å². The van der Waals surface area contributed by atoms with Gasteiger partial charge in [0.05, 0.1) is 17.5 Å². The monoisotopic (exact) mass is 889 g/mol. The zero-order chi connectivity index (χ0) is 43.8. The van der Waals surface area contributed by atoms with Crippen molar-refractivity contribution in [2.75, 3.05) is 68.9 Å². The number of amides is 3. The number of likely N-dealkylation sites (N-methyl/N-ethyl adjacent to an activating group) is 1. The highest BCUT2D eigenvalue weighted by Crippen LogP contribution is 2.45. The van der Waals surface area contributed by atoms with Crippen LogP contribution in [0.15, 0.2) is 66.7 Å². The fraction of sp³-hybridized carbons (Fsp3) is 0.432. The fourth-order valence-electron chi connectivity index (χ4n) is 9.09. The van der Waals surface area contributed by atoms with E-state index in [-0.39, 0.29) is 60.8 Å². The number of carbonyl (C=O) groups excluding carboxylic acids is 3. The minimum absolute atomic E-state index is 0.0246. The lowest BCUT2D eigenvalue weighted by Gasteiger charge is -2.36. The average molecular weight is 890 g/mol. The summed E-state index contributed by atoms with van der Waals surface area (Å²) in [7, 11) is -6.18. The van der Waals surface area contributed by atoms with Gasteiger partial charge in [-0.3, -0.25) is 14.4 Å². The fourth-order valence-corrected chi connectivity index (χ4v) is 10.7. The van der Waals surface area contributed by atoms with Crippen LogP contribution >= 0.6 is 0 Å². The molecular formula is C44H52FN7O8S2. The van der Waals surface area contributed by atoms with Crippen molar-refractivity contribution in [2.24, 2.45) is 0 Å². The minimum atomic E-state index is -4.19. The lowest BCUT2D eigenvalue weighted by Crippen LogP contribution is -2.48. The molecule has 8 rings (SSSR count). The van der Waals surface area contributed by atoms with Gasteiger partial charge in [-0.2, -0.15) is 17.0 Å². The first-order chi connectivity index (χ1) is 29.7. The summed E-state index contributed by atoms with van der Waals surface area (Å²) < 4.78 is 80.1. The molecule has 0 unspecified atom stereocenters. The molecule has 1 saturated carbocycles. The molecule has 3 amide bonds. The normalized spacial score (nSPS) is 20.5. The topological polar surface area (TPSA) is 171 Å². The number of hydrogen-bond donors (Lipinski definition) is 2. The number of ether oxygens (including phenoxy) is 1. The van der Waals surface area contributed by atoms with Crippen molar-refractivity contribution in [1.29, 1.82) is 0 Å². The van der Waals surface area contributed by atoms with Crippen molar-refractivity contribution >= 4 is 60.2 Å². The van der Waals surface area contributed by atoms with Gasteiger partial charge in [-0.05, 0) is 73.2 Å². The minimum Gasteiger partial charge on any atom is -0.489 e. The molecule has 4 aromatic rings. The van der Waals surface area contributed by atoms with E-state index in [9.17, 15) is 31.2 Å². The van der Waals surface area contributed by atoms with Crippen LogP contribution in [0.25, 0.3) is 22.2 Å². The summed E-state index contributed by atoms with van der Waals surface area (Å²) in [5.74, 6) is -1.44. The Morgan fingerprint density at radius 2 is 1.66 bits per heavy atom. The van der Waals surface area contributed by atoms with Crippen LogP contribution < -0.4 is 24.6 Å². The summed E-state index contributed by atoms with van der Waals surface area (Å²) in [6.45, 7) is 2.12. The number of nitrogens with one attached hydrogen (secondary N) is 2. The van der Waals surface area contributed by atoms with Crippen molar-refractivity contribution in [3.05, 3.63) is 89.3 Å². The third-order valence-corrected chi connectivity index (χ3v) is 15.1. The Labute approximate surface area is 361 Å². The van der Waals surface area contributed by atoms with Crippen molar-refractivity contribution < 1.29 is 40.3 Å². The first-order valence-corrected chi connectivity index (χ1v) is 24.4. The molecule has 4 heterocycles. The number of nitrogens with zero attached hydrogens (tertiary/aromatic N) is 5. The molecule has 330 valence electrons. The molecule has 15 nitrogen and oxygen atoms in total. The molecule has 4 aliphatic rings. The van der Waals surface area contributed by atoms with E-state index in [1.807, 2.05) is 18.2 Å². The molecule has 0 spiro atoms. The van der Waals surface area contributed by atoms with Gasteiger partial charge in [-0.1, -0.05) is 37.5 Å². The maximum Gasteiger partial charge on any atom is 0.304 e. The van der Waals surface area contributed by atoms with Gasteiger partial charge in [0.2, 0.25) is 21.8 Å². The molecular weight excluding hydrogens is 838 g/mol. The second-order valence-electron chi connectivity index (χ2n) is 16.4. The van der Waals surface area contributed by atoms with E-state index in [0.717, 1.165) is 70.7 Å². The number of sulfonamides is 1. The third-order valence-electron chi connectivity index (χ3n) is 12.3. The third kappa shape index (κ3) is 9.09. The Morgan fingerprint density at radius 3 is 2.37 bits per heavy atom. The number of piperazine rings is 1. The van der Waals surface area contributed by atoms with Crippen LogP contribution in [0.1, 0.15) is 72.3 Å². The lowest BCUT2D eigenvalue weighted by atomic mass is 9.81. The number of hydrogen-bond acceptors (Lipinski definition) is 9. The largest absolute Gasteiger partial charge is 0.489 e. The highest BCUT2D eigenvalue weighted by molar-refractivity contribution is 7.88. The molecule has 3 fully saturated rings.